The summed E-state index contributed by atoms with van der Waals surface area (Å²) in [5.41, 5.74) is 2.36. The molecule has 0 saturated carbocycles. The zero-order valence-corrected chi connectivity index (χ0v) is 17.8. The van der Waals surface area contributed by atoms with Crippen LogP contribution >= 0.6 is 23.2 Å². The second-order valence-electron chi connectivity index (χ2n) is 6.77. The lowest BCUT2D eigenvalue weighted by Crippen LogP contribution is -2.11. The molecule has 0 spiro atoms. The van der Waals surface area contributed by atoms with Gasteiger partial charge in [-0.05, 0) is 36.8 Å². The maximum Gasteiger partial charge on any atom is 0.247 e. The third kappa shape index (κ3) is 4.55. The van der Waals surface area contributed by atoms with Gasteiger partial charge in [-0.3, -0.25) is 0 Å². The number of hydrogen-bond acceptors (Lipinski definition) is 6. The van der Waals surface area contributed by atoms with E-state index in [2.05, 4.69) is 15.5 Å². The van der Waals surface area contributed by atoms with Gasteiger partial charge in [0.1, 0.15) is 5.75 Å². The van der Waals surface area contributed by atoms with Crippen molar-refractivity contribution >= 4 is 28.8 Å². The Morgan fingerprint density at radius 1 is 1.26 bits per heavy atom. The van der Waals surface area contributed by atoms with Crippen molar-refractivity contribution in [2.24, 2.45) is 0 Å². The van der Waals surface area contributed by atoms with Crippen LogP contribution in [0.25, 0.3) is 5.57 Å². The fourth-order valence-corrected chi connectivity index (χ4v) is 3.48. The lowest BCUT2D eigenvalue weighted by atomic mass is 10.1. The molecule has 0 bridgehead atoms. The minimum absolute atomic E-state index is 0.0552. The summed E-state index contributed by atoms with van der Waals surface area (Å²) in [5, 5.41) is 20.7. The number of dihydropyridines is 1. The van der Waals surface area contributed by atoms with Gasteiger partial charge in [-0.1, -0.05) is 35.3 Å². The lowest BCUT2D eigenvalue weighted by Gasteiger charge is -2.12. The Kier molecular flexibility index (Phi) is 5.94. The molecule has 0 radical (unpaired) electrons. The van der Waals surface area contributed by atoms with Gasteiger partial charge in [-0.25, -0.2) is 4.39 Å². The van der Waals surface area contributed by atoms with Crippen LogP contribution < -0.4 is 10.1 Å². The number of rotatable bonds is 5. The van der Waals surface area contributed by atoms with E-state index in [1.165, 1.54) is 30.3 Å². The zero-order valence-electron chi connectivity index (χ0n) is 16.2. The maximum absolute atomic E-state index is 15.2. The van der Waals surface area contributed by atoms with Crippen LogP contribution in [0.1, 0.15) is 29.8 Å². The van der Waals surface area contributed by atoms with E-state index in [1.54, 1.807) is 0 Å². The van der Waals surface area contributed by atoms with Gasteiger partial charge in [0.15, 0.2) is 11.6 Å². The highest BCUT2D eigenvalue weighted by molar-refractivity contribution is 6.32. The number of ether oxygens (including phenoxy) is 1. The fraction of sp³-hybridized carbons (Fsp3) is 0.136. The molecule has 4 rings (SSSR count). The Bertz CT molecular complexity index is 1260. The Morgan fingerprint density at radius 2 is 2.10 bits per heavy atom. The molecule has 0 amide bonds. The molecule has 1 aromatic heterocycles. The van der Waals surface area contributed by atoms with Crippen LogP contribution in [0.15, 0.2) is 52.6 Å². The molecule has 0 unspecified atom stereocenters. The summed E-state index contributed by atoms with van der Waals surface area (Å²) >= 11 is 12.1. The van der Waals surface area contributed by atoms with Gasteiger partial charge >= 0.3 is 0 Å². The van der Waals surface area contributed by atoms with E-state index >= 15 is 4.39 Å². The van der Waals surface area contributed by atoms with Crippen LogP contribution in [0.4, 0.5) is 4.39 Å². The monoisotopic (exact) mass is 456 g/mol. The second-order valence-corrected chi connectivity index (χ2v) is 7.61. The Hall–Kier alpha value is -3.34. The van der Waals surface area contributed by atoms with Crippen LogP contribution in [0.2, 0.25) is 10.0 Å². The van der Waals surface area contributed by atoms with Gasteiger partial charge in [0.05, 0.1) is 23.1 Å². The van der Waals surface area contributed by atoms with E-state index < -0.39 is 5.82 Å². The van der Waals surface area contributed by atoms with E-state index in [4.69, 9.17) is 37.6 Å². The minimum Gasteiger partial charge on any atom is -0.453 e. The lowest BCUT2D eigenvalue weighted by molar-refractivity contribution is 0.436. The summed E-state index contributed by atoms with van der Waals surface area (Å²) in [7, 11) is 0. The molecule has 1 aliphatic heterocycles. The van der Waals surface area contributed by atoms with Crippen molar-refractivity contribution in [1.29, 1.82) is 5.26 Å². The molecule has 6 nitrogen and oxygen atoms in total. The van der Waals surface area contributed by atoms with Crippen LogP contribution in [0.3, 0.4) is 0 Å². The first-order chi connectivity index (χ1) is 14.9. The second kappa shape index (κ2) is 8.80. The van der Waals surface area contributed by atoms with Gasteiger partial charge in [0.25, 0.3) is 0 Å². The topological polar surface area (TPSA) is 84.0 Å². The number of nitrogens with one attached hydrogen (secondary N) is 1. The average molecular weight is 457 g/mol. The highest BCUT2D eigenvalue weighted by atomic mass is 35.5. The third-order valence-corrected chi connectivity index (χ3v) is 5.07. The SMILES string of the molecule is CC1=CNCC=C1c1nnc(Cc2ccc(Cl)c(Oc3cc(Cl)cc(C#N)c3)c2F)o1. The Labute approximate surface area is 187 Å². The molecular formula is C22H15Cl2FN4O2. The molecule has 3 aromatic rings. The standard InChI is InChI=1S/C22H15Cl2FN4O2/c1-12-11-27-5-4-17(12)22-29-28-19(31-22)8-14-2-3-18(24)21(20(14)25)30-16-7-13(10-26)6-15(23)9-16/h2-4,6-7,9,11,27H,5,8H2,1H3. The zero-order chi connectivity index (χ0) is 22.0. The van der Waals surface area contributed by atoms with E-state index in [0.29, 0.717) is 12.4 Å². The van der Waals surface area contributed by atoms with E-state index in [1.807, 2.05) is 25.3 Å². The van der Waals surface area contributed by atoms with Crippen molar-refractivity contribution in [3.05, 3.63) is 87.0 Å². The molecule has 0 aliphatic carbocycles. The minimum atomic E-state index is -0.664. The molecular weight excluding hydrogens is 442 g/mol. The summed E-state index contributed by atoms with van der Waals surface area (Å²) in [5.74, 6) is -0.0158. The van der Waals surface area contributed by atoms with E-state index in [0.717, 1.165) is 11.1 Å². The van der Waals surface area contributed by atoms with Gasteiger partial charge < -0.3 is 14.5 Å². The highest BCUT2D eigenvalue weighted by Gasteiger charge is 2.19. The molecule has 2 aromatic carbocycles. The largest absolute Gasteiger partial charge is 0.453 e. The summed E-state index contributed by atoms with van der Waals surface area (Å²) in [6.45, 7) is 2.59. The van der Waals surface area contributed by atoms with Crippen LogP contribution in [-0.4, -0.2) is 16.7 Å². The number of benzene rings is 2. The number of nitriles is 1. The van der Waals surface area contributed by atoms with Crippen molar-refractivity contribution in [2.45, 2.75) is 13.3 Å². The summed E-state index contributed by atoms with van der Waals surface area (Å²) in [6.07, 6.45) is 3.87. The molecule has 2 heterocycles. The van der Waals surface area contributed by atoms with Crippen LogP contribution in [0, 0.1) is 17.1 Å². The molecule has 0 saturated heterocycles. The van der Waals surface area contributed by atoms with Crippen molar-refractivity contribution in [1.82, 2.24) is 15.5 Å². The maximum atomic E-state index is 15.2. The molecule has 1 N–H and O–H groups in total. The first-order valence-electron chi connectivity index (χ1n) is 9.23. The Morgan fingerprint density at radius 3 is 2.87 bits per heavy atom. The molecule has 0 fully saturated rings. The quantitative estimate of drug-likeness (QED) is 0.532. The van der Waals surface area contributed by atoms with Gasteiger partial charge in [0, 0.05) is 28.9 Å². The first kappa shape index (κ1) is 20.9. The van der Waals surface area contributed by atoms with E-state index in [-0.39, 0.29) is 45.0 Å². The Balaban J connectivity index is 1.60. The predicted molar refractivity (Wildman–Crippen MR) is 114 cm³/mol. The molecule has 1 aliphatic rings. The average Bonchev–Trinajstić information content (AvgIpc) is 3.21. The van der Waals surface area contributed by atoms with Crippen LogP contribution in [0.5, 0.6) is 11.5 Å². The molecule has 9 heteroatoms. The fourth-order valence-electron chi connectivity index (χ4n) is 3.07. The molecule has 156 valence electrons. The molecule has 0 atom stereocenters. The van der Waals surface area contributed by atoms with Crippen molar-refractivity contribution in [3.63, 3.8) is 0 Å². The van der Waals surface area contributed by atoms with Crippen molar-refractivity contribution in [2.75, 3.05) is 6.54 Å². The predicted octanol–water partition coefficient (Wildman–Crippen LogP) is 5.66. The van der Waals surface area contributed by atoms with Gasteiger partial charge in [0.2, 0.25) is 11.8 Å². The summed E-state index contributed by atoms with van der Waals surface area (Å²) in [6, 6.07) is 9.41. The number of hydrogen-bond donors (Lipinski definition) is 1. The first-order valence-corrected chi connectivity index (χ1v) is 9.99. The highest BCUT2D eigenvalue weighted by Crippen LogP contribution is 2.36. The van der Waals surface area contributed by atoms with Crippen LogP contribution in [-0.2, 0) is 6.42 Å². The number of aromatic nitrogens is 2. The summed E-state index contributed by atoms with van der Waals surface area (Å²) < 4.78 is 26.5. The molecule has 31 heavy (non-hydrogen) atoms. The van der Waals surface area contributed by atoms with Crippen molar-refractivity contribution in [3.8, 4) is 17.6 Å². The van der Waals surface area contributed by atoms with E-state index in [9.17, 15) is 0 Å². The number of halogens is 3. The smallest absolute Gasteiger partial charge is 0.247 e. The van der Waals surface area contributed by atoms with Gasteiger partial charge in [-0.15, -0.1) is 10.2 Å². The number of allylic oxidation sites excluding steroid dienone is 2. The summed E-state index contributed by atoms with van der Waals surface area (Å²) in [4.78, 5) is 0. The normalized spacial score (nSPS) is 13.1. The van der Waals surface area contributed by atoms with Crippen molar-refractivity contribution < 1.29 is 13.5 Å². The van der Waals surface area contributed by atoms with Gasteiger partial charge in [-0.2, -0.15) is 5.26 Å². The number of nitrogens with zero attached hydrogens (tertiary/aromatic N) is 3. The third-order valence-electron chi connectivity index (χ3n) is 4.56.